The second-order valence-electron chi connectivity index (χ2n) is 9.97. The number of hydrogen-bond donors (Lipinski definition) is 1. The number of rotatable bonds is 6. The van der Waals surface area contributed by atoms with Gasteiger partial charge in [-0.15, -0.1) is 0 Å². The number of benzene rings is 1. The molecule has 5 saturated carbocycles. The van der Waals surface area contributed by atoms with Crippen molar-refractivity contribution in [3.05, 3.63) is 29.8 Å². The summed E-state index contributed by atoms with van der Waals surface area (Å²) in [5, 5.41) is 10.2. The van der Waals surface area contributed by atoms with Crippen LogP contribution in [0, 0.1) is 23.7 Å². The monoisotopic (exact) mass is 355 g/mol. The molecular weight excluding hydrogens is 322 g/mol. The quantitative estimate of drug-likeness (QED) is 0.841. The first kappa shape index (κ1) is 17.1. The molecule has 4 bridgehead atoms. The van der Waals surface area contributed by atoms with E-state index in [2.05, 4.69) is 24.1 Å². The van der Waals surface area contributed by atoms with Crippen LogP contribution in [-0.4, -0.2) is 42.9 Å². The maximum atomic E-state index is 10.2. The minimum Gasteiger partial charge on any atom is -0.497 e. The van der Waals surface area contributed by atoms with E-state index in [0.29, 0.717) is 11.5 Å². The number of nitrogens with zero attached hydrogens (tertiary/aromatic N) is 1. The van der Waals surface area contributed by atoms with E-state index in [9.17, 15) is 5.11 Å². The minimum absolute atomic E-state index is 0.0250. The number of aliphatic hydroxyl groups is 1. The smallest absolute Gasteiger partial charge is 0.118 e. The first-order valence-electron chi connectivity index (χ1n) is 10.5. The fraction of sp³-hybridized carbons (Fsp3) is 0.739. The van der Waals surface area contributed by atoms with E-state index in [1.54, 1.807) is 7.11 Å². The Balaban J connectivity index is 1.31. The van der Waals surface area contributed by atoms with Gasteiger partial charge >= 0.3 is 0 Å². The lowest BCUT2D eigenvalue weighted by atomic mass is 9.52. The molecule has 3 heteroatoms. The molecular formula is C23H33NO2. The average Bonchev–Trinajstić information content (AvgIpc) is 3.35. The van der Waals surface area contributed by atoms with Crippen LogP contribution in [0.3, 0.4) is 0 Å². The molecule has 0 amide bonds. The first-order valence-corrected chi connectivity index (χ1v) is 10.5. The van der Waals surface area contributed by atoms with Gasteiger partial charge in [-0.05, 0) is 93.4 Å². The number of methoxy groups -OCH3 is 1. The Morgan fingerprint density at radius 2 is 1.58 bits per heavy atom. The molecule has 3 nitrogen and oxygen atoms in total. The lowest BCUT2D eigenvalue weighted by Gasteiger charge is -2.60. The molecule has 0 aliphatic heterocycles. The van der Waals surface area contributed by atoms with Crippen molar-refractivity contribution in [1.82, 2.24) is 4.90 Å². The summed E-state index contributed by atoms with van der Waals surface area (Å²) in [5.41, 5.74) is 1.73. The van der Waals surface area contributed by atoms with E-state index >= 15 is 0 Å². The maximum absolute atomic E-state index is 10.2. The highest BCUT2D eigenvalue weighted by Crippen LogP contribution is 2.59. The molecule has 0 unspecified atom stereocenters. The first-order chi connectivity index (χ1) is 12.6. The third kappa shape index (κ3) is 2.54. The van der Waals surface area contributed by atoms with Crippen LogP contribution in [0.25, 0.3) is 0 Å². The Kier molecular flexibility index (Phi) is 3.92. The summed E-state index contributed by atoms with van der Waals surface area (Å²) in [4.78, 5) is 2.73. The fourth-order valence-electron chi connectivity index (χ4n) is 7.24. The standard InChI is InChI=1S/C23H33NO2/c1-24(22-10-16-7-17(11-22)9-18(8-16)12-22)14-20-13-23(20,15-25)19-3-5-21(26-2)6-4-19/h3-6,16-18,20,25H,7-15H2,1-2H3/t16?,17?,18?,20-,22?,23+/m1/s1. The molecule has 2 atom stereocenters. The maximum Gasteiger partial charge on any atom is 0.118 e. The van der Waals surface area contributed by atoms with Crippen molar-refractivity contribution in [2.24, 2.45) is 23.7 Å². The molecule has 0 saturated heterocycles. The van der Waals surface area contributed by atoms with Crippen molar-refractivity contribution < 1.29 is 9.84 Å². The van der Waals surface area contributed by atoms with Gasteiger partial charge < -0.3 is 14.7 Å². The largest absolute Gasteiger partial charge is 0.497 e. The lowest BCUT2D eigenvalue weighted by Crippen LogP contribution is -2.59. The minimum atomic E-state index is -0.0250. The fourth-order valence-corrected chi connectivity index (χ4v) is 7.24. The highest BCUT2D eigenvalue weighted by molar-refractivity contribution is 5.38. The summed E-state index contributed by atoms with van der Waals surface area (Å²) in [6, 6.07) is 8.37. The molecule has 26 heavy (non-hydrogen) atoms. The van der Waals surface area contributed by atoms with Crippen LogP contribution in [0.1, 0.15) is 50.5 Å². The van der Waals surface area contributed by atoms with Crippen LogP contribution in [0.2, 0.25) is 0 Å². The number of aliphatic hydroxyl groups excluding tert-OH is 1. The Labute approximate surface area is 157 Å². The summed E-state index contributed by atoms with van der Waals surface area (Å²) in [7, 11) is 4.08. The van der Waals surface area contributed by atoms with Gasteiger partial charge in [0.2, 0.25) is 0 Å². The third-order valence-corrected chi connectivity index (χ3v) is 8.49. The van der Waals surface area contributed by atoms with Crippen LogP contribution < -0.4 is 4.74 Å². The van der Waals surface area contributed by atoms with Gasteiger partial charge in [0.1, 0.15) is 5.75 Å². The van der Waals surface area contributed by atoms with Crippen molar-refractivity contribution in [3.63, 3.8) is 0 Å². The molecule has 1 aromatic carbocycles. The van der Waals surface area contributed by atoms with Gasteiger partial charge in [-0.2, -0.15) is 0 Å². The van der Waals surface area contributed by atoms with Crippen LogP contribution in [0.4, 0.5) is 0 Å². The van der Waals surface area contributed by atoms with Gasteiger partial charge in [-0.25, -0.2) is 0 Å². The zero-order valence-electron chi connectivity index (χ0n) is 16.3. The topological polar surface area (TPSA) is 32.7 Å². The molecule has 142 valence electrons. The molecule has 5 aliphatic rings. The average molecular weight is 356 g/mol. The van der Waals surface area contributed by atoms with Gasteiger partial charge in [0, 0.05) is 17.5 Å². The van der Waals surface area contributed by atoms with E-state index in [-0.39, 0.29) is 12.0 Å². The normalized spacial score (nSPS) is 43.1. The second-order valence-corrected chi connectivity index (χ2v) is 9.97. The van der Waals surface area contributed by atoms with Crippen molar-refractivity contribution in [3.8, 4) is 5.75 Å². The zero-order chi connectivity index (χ0) is 17.9. The van der Waals surface area contributed by atoms with Crippen LogP contribution in [-0.2, 0) is 5.41 Å². The molecule has 6 rings (SSSR count). The molecule has 0 spiro atoms. The van der Waals surface area contributed by atoms with Gasteiger partial charge in [-0.1, -0.05) is 12.1 Å². The highest BCUT2D eigenvalue weighted by Gasteiger charge is 2.58. The molecule has 0 heterocycles. The van der Waals surface area contributed by atoms with Crippen molar-refractivity contribution >= 4 is 0 Å². The van der Waals surface area contributed by atoms with E-state index in [4.69, 9.17) is 4.74 Å². The third-order valence-electron chi connectivity index (χ3n) is 8.49. The Morgan fingerprint density at radius 1 is 1.00 bits per heavy atom. The predicted molar refractivity (Wildman–Crippen MR) is 103 cm³/mol. The summed E-state index contributed by atoms with van der Waals surface area (Å²) in [6.45, 7) is 1.40. The number of hydrogen-bond acceptors (Lipinski definition) is 3. The van der Waals surface area contributed by atoms with Crippen LogP contribution in [0.15, 0.2) is 24.3 Å². The number of ether oxygens (including phenoxy) is 1. The van der Waals surface area contributed by atoms with E-state index in [1.165, 1.54) is 44.1 Å². The van der Waals surface area contributed by atoms with E-state index in [1.807, 2.05) is 12.1 Å². The Hall–Kier alpha value is -1.06. The lowest BCUT2D eigenvalue weighted by molar-refractivity contribution is -0.0810. The summed E-state index contributed by atoms with van der Waals surface area (Å²) in [6.07, 6.45) is 9.91. The SMILES string of the molecule is COc1ccc([C@@]2(CO)C[C@@H]2CN(C)C23CC4CC(CC(C4)C2)C3)cc1. The zero-order valence-corrected chi connectivity index (χ0v) is 16.3. The molecule has 5 fully saturated rings. The Morgan fingerprint density at radius 3 is 2.08 bits per heavy atom. The molecule has 1 N–H and O–H groups in total. The molecule has 5 aliphatic carbocycles. The van der Waals surface area contributed by atoms with Crippen molar-refractivity contribution in [2.75, 3.05) is 27.3 Å². The van der Waals surface area contributed by atoms with Crippen molar-refractivity contribution in [1.29, 1.82) is 0 Å². The predicted octanol–water partition coefficient (Wildman–Crippen LogP) is 3.85. The van der Waals surface area contributed by atoms with Crippen LogP contribution >= 0.6 is 0 Å². The van der Waals surface area contributed by atoms with Gasteiger partial charge in [0.05, 0.1) is 13.7 Å². The Bertz CT molecular complexity index is 634. The molecule has 0 radical (unpaired) electrons. The van der Waals surface area contributed by atoms with Gasteiger partial charge in [0.15, 0.2) is 0 Å². The van der Waals surface area contributed by atoms with E-state index in [0.717, 1.165) is 36.5 Å². The van der Waals surface area contributed by atoms with Crippen LogP contribution in [0.5, 0.6) is 5.75 Å². The van der Waals surface area contributed by atoms with Crippen molar-refractivity contribution in [2.45, 2.75) is 55.9 Å². The summed E-state index contributed by atoms with van der Waals surface area (Å²) < 4.78 is 5.29. The second kappa shape index (κ2) is 5.97. The molecule has 1 aromatic rings. The molecule has 0 aromatic heterocycles. The summed E-state index contributed by atoms with van der Waals surface area (Å²) >= 11 is 0. The highest BCUT2D eigenvalue weighted by atomic mass is 16.5. The summed E-state index contributed by atoms with van der Waals surface area (Å²) in [5.74, 6) is 4.45. The van der Waals surface area contributed by atoms with Gasteiger partial charge in [-0.3, -0.25) is 0 Å². The van der Waals surface area contributed by atoms with E-state index < -0.39 is 0 Å². The van der Waals surface area contributed by atoms with Gasteiger partial charge in [0.25, 0.3) is 0 Å².